The van der Waals surface area contributed by atoms with Crippen LogP contribution in [0.1, 0.15) is 128 Å². The van der Waals surface area contributed by atoms with E-state index in [-0.39, 0.29) is 89.5 Å². The second kappa shape index (κ2) is 29.9. The number of pyridine rings is 2. The van der Waals surface area contributed by atoms with E-state index in [1.54, 1.807) is 42.3 Å². The van der Waals surface area contributed by atoms with Crippen molar-refractivity contribution >= 4 is 72.5 Å². The van der Waals surface area contributed by atoms with Crippen LogP contribution in [0.15, 0.2) is 113 Å². The Morgan fingerprint density at radius 3 is 1.70 bits per heavy atom. The van der Waals surface area contributed by atoms with E-state index < -0.39 is 26.0 Å². The summed E-state index contributed by atoms with van der Waals surface area (Å²) in [4.78, 5) is 45.3. The fraction of sp³-hybridized carbons (Fsp3) is 0.421. The highest BCUT2D eigenvalue weighted by molar-refractivity contribution is 7.93. The maximum Gasteiger partial charge on any atom is 0.410 e. The number of carbonyl (C=O) groups is 3. The van der Waals surface area contributed by atoms with E-state index in [0.29, 0.717) is 48.4 Å². The molecule has 24 heteroatoms. The predicted molar refractivity (Wildman–Crippen MR) is 322 cm³/mol. The van der Waals surface area contributed by atoms with Gasteiger partial charge in [-0.3, -0.25) is 24.5 Å². The lowest BCUT2D eigenvalue weighted by Crippen LogP contribution is -2.42. The van der Waals surface area contributed by atoms with Crippen molar-refractivity contribution in [3.8, 4) is 11.5 Å². The summed E-state index contributed by atoms with van der Waals surface area (Å²) in [6.45, 7) is 15.6. The van der Waals surface area contributed by atoms with Crippen LogP contribution < -0.4 is 31.3 Å². The zero-order valence-corrected chi connectivity index (χ0v) is 48.1. The normalized spacial score (nSPS) is 13.9. The molecule has 0 radical (unpaired) electrons. The Morgan fingerprint density at radius 2 is 1.21 bits per heavy atom. The molecule has 2 saturated heterocycles. The lowest BCUT2D eigenvalue weighted by atomic mass is 9.87. The molecule has 0 atom stereocenters. The number of sulfonamides is 2. The smallest absolute Gasteiger partial charge is 0.410 e. The number of ether oxygens (including phenoxy) is 1. The van der Waals surface area contributed by atoms with Crippen LogP contribution in [0.2, 0.25) is 10.0 Å². The fourth-order valence-electron chi connectivity index (χ4n) is 8.46. The highest BCUT2D eigenvalue weighted by Gasteiger charge is 2.29. The Bertz CT molecular complexity index is 3250. The summed E-state index contributed by atoms with van der Waals surface area (Å²) < 4.78 is 63.7. The molecule has 81 heavy (non-hydrogen) atoms. The first-order valence-corrected chi connectivity index (χ1v) is 28.9. The van der Waals surface area contributed by atoms with Gasteiger partial charge in [0.25, 0.3) is 26.0 Å². The van der Waals surface area contributed by atoms with Crippen LogP contribution in [-0.4, -0.2) is 97.6 Å². The van der Waals surface area contributed by atoms with Gasteiger partial charge in [-0.1, -0.05) is 142 Å². The molecule has 2 aliphatic rings. The monoisotopic (exact) mass is 1190 g/mol. The molecule has 0 spiro atoms. The van der Waals surface area contributed by atoms with Crippen molar-refractivity contribution in [2.75, 3.05) is 42.7 Å². The van der Waals surface area contributed by atoms with Crippen LogP contribution >= 0.6 is 23.2 Å². The van der Waals surface area contributed by atoms with Gasteiger partial charge in [-0.2, -0.15) is 0 Å². The number of aromatic nitrogens is 5. The molecule has 3 amide bonds. The highest BCUT2D eigenvalue weighted by atomic mass is 35.5. The summed E-state index contributed by atoms with van der Waals surface area (Å²) in [7, 11) is -4.27. The molecule has 20 nitrogen and oxygen atoms in total. The number of nitrogens with two attached hydrogens (primary N) is 1. The highest BCUT2D eigenvalue weighted by Crippen LogP contribution is 2.33. The minimum atomic E-state index is -3.93. The van der Waals surface area contributed by atoms with Crippen LogP contribution in [0.5, 0.6) is 0 Å². The van der Waals surface area contributed by atoms with Gasteiger partial charge in [0.15, 0.2) is 11.5 Å². The summed E-state index contributed by atoms with van der Waals surface area (Å²) >= 11 is 12.0. The van der Waals surface area contributed by atoms with Crippen LogP contribution in [0.4, 0.5) is 16.2 Å². The third-order valence-corrected chi connectivity index (χ3v) is 16.2. The Labute approximate surface area is 488 Å². The summed E-state index contributed by atoms with van der Waals surface area (Å²) in [6.07, 6.45) is 5.74. The number of hydrazine groups is 1. The van der Waals surface area contributed by atoms with Gasteiger partial charge in [0.1, 0.15) is 18.1 Å². The van der Waals surface area contributed by atoms with E-state index in [2.05, 4.69) is 61.0 Å². The van der Waals surface area contributed by atoms with Crippen LogP contribution in [0.3, 0.4) is 0 Å². The van der Waals surface area contributed by atoms with Crippen molar-refractivity contribution in [1.29, 1.82) is 0 Å². The number of amides is 3. The first-order valence-electron chi connectivity index (χ1n) is 25.2. The molecule has 7 N–H and O–H groups in total. The van der Waals surface area contributed by atoms with E-state index in [9.17, 15) is 31.2 Å². The van der Waals surface area contributed by atoms with Crippen molar-refractivity contribution in [3.63, 3.8) is 0 Å². The summed E-state index contributed by atoms with van der Waals surface area (Å²) in [5.41, 5.74) is 5.16. The van der Waals surface area contributed by atoms with Gasteiger partial charge in [-0.25, -0.2) is 37.4 Å². The second-order valence-electron chi connectivity index (χ2n) is 20.7. The fourth-order valence-corrected chi connectivity index (χ4v) is 10.9. The minimum Gasteiger partial charge on any atom is -0.445 e. The Morgan fingerprint density at radius 1 is 0.716 bits per heavy atom. The molecule has 0 saturated carbocycles. The number of nitrogens with one attached hydrogen (secondary N) is 5. The summed E-state index contributed by atoms with van der Waals surface area (Å²) in [5, 5.41) is 15.2. The number of likely N-dealkylation sites (tertiary alicyclic amines) is 1. The number of piperidine rings is 2. The van der Waals surface area contributed by atoms with E-state index >= 15 is 0 Å². The van der Waals surface area contributed by atoms with E-state index in [1.807, 2.05) is 80.3 Å². The molecule has 8 rings (SSSR count). The number of nitrogens with zero attached hydrogens (tertiary/aromatic N) is 6. The quantitative estimate of drug-likeness (QED) is 0.0378. The number of hydrogen-bond donors (Lipinski definition) is 6. The average Bonchev–Trinajstić information content (AvgIpc) is 3.94. The van der Waals surface area contributed by atoms with Crippen molar-refractivity contribution in [3.05, 3.63) is 142 Å². The lowest BCUT2D eigenvalue weighted by molar-refractivity contribution is -0.125. The number of halogens is 2. The maximum atomic E-state index is 13.2. The molecule has 5 heterocycles. The van der Waals surface area contributed by atoms with Crippen LogP contribution in [-0.2, 0) is 54.1 Å². The molecule has 0 aliphatic carbocycles. The number of carbonyl (C=O) groups excluding carboxylic acids is 3. The molecule has 2 fully saturated rings. The summed E-state index contributed by atoms with van der Waals surface area (Å²) in [6, 6.07) is 25.8. The topological polar surface area (TPSA) is 275 Å². The van der Waals surface area contributed by atoms with Gasteiger partial charge < -0.3 is 24.8 Å². The first-order chi connectivity index (χ1) is 36.8. The largest absolute Gasteiger partial charge is 0.445 e. The zero-order valence-electron chi connectivity index (χ0n) is 44.9. The standard InChI is InChI=1S/C23H29ClN6O2S.C16H19ClN4O3S.C15H20N2O3.3CH4/c1-23(2,3)16-5-7-18(8-6-16)33(31,32)29-19-13-17(24)14-26-20(19)22-28-27-21(30(22)4)15-9-11-25-12-10-15;1-16(2,3)10-4-6-12(7-5-10)25(23,24)21-13-8-11(17)9-19-14(13)15(22)20-18;1-16-14(18)13-7-9-17(10-8-13)15(19)20-11-12-5-3-2-4-6-12;;;/h5-8,13-15,25,29H,9-12H2,1-4H3;4-9,21H,18H2,1-3H3,(H,20,22);2-6,13H,7-11H2,1H3,(H,16,18);3*1H4. The number of hydrogen-bond acceptors (Lipinski definition) is 14. The van der Waals surface area contributed by atoms with Gasteiger partial charge in [0, 0.05) is 51.4 Å². The molecule has 3 aromatic carbocycles. The van der Waals surface area contributed by atoms with Crippen molar-refractivity contribution in [1.82, 2.24) is 45.7 Å². The van der Waals surface area contributed by atoms with Crippen molar-refractivity contribution in [2.24, 2.45) is 18.8 Å². The van der Waals surface area contributed by atoms with Gasteiger partial charge in [-0.05, 0) is 103 Å². The SMILES string of the molecule is C.C.C.CC(C)(C)c1ccc(S(=O)(=O)Nc2cc(Cl)cnc2C(=O)NN)cc1.CNC(=O)C1CCN(C(=O)OCc2ccccc2)CC1.Cn1c(-c2ncc(Cl)cc2NS(=O)(=O)c2ccc(C(C)(C)C)cc2)nnc1C1CCNCC1. The third kappa shape index (κ3) is 18.7. The molecule has 442 valence electrons. The number of benzene rings is 3. The van der Waals surface area contributed by atoms with E-state index in [4.69, 9.17) is 33.8 Å². The molecule has 0 unspecified atom stereocenters. The van der Waals surface area contributed by atoms with E-state index in [0.717, 1.165) is 48.4 Å². The average molecular weight is 1200 g/mol. The molecule has 6 aromatic rings. The Balaban J connectivity index is 0.000000323. The lowest BCUT2D eigenvalue weighted by Gasteiger charge is -2.30. The maximum absolute atomic E-state index is 13.2. The van der Waals surface area contributed by atoms with Gasteiger partial charge in [-0.15, -0.1) is 10.2 Å². The van der Waals surface area contributed by atoms with Gasteiger partial charge >= 0.3 is 6.09 Å². The zero-order chi connectivity index (χ0) is 57.0. The number of rotatable bonds is 12. The minimum absolute atomic E-state index is 0. The van der Waals surface area contributed by atoms with Gasteiger partial charge in [0.05, 0.1) is 31.2 Å². The molecule has 3 aromatic heterocycles. The van der Waals surface area contributed by atoms with Crippen molar-refractivity contribution in [2.45, 2.75) is 123 Å². The Hall–Kier alpha value is -6.69. The number of anilines is 2. The first kappa shape index (κ1) is 68.6. The van der Waals surface area contributed by atoms with Crippen molar-refractivity contribution < 1.29 is 36.0 Å². The second-order valence-corrected chi connectivity index (χ2v) is 25.0. The van der Waals surface area contributed by atoms with E-state index in [1.165, 1.54) is 30.6 Å². The molecule has 2 aliphatic heterocycles. The molecule has 0 bridgehead atoms. The summed E-state index contributed by atoms with van der Waals surface area (Å²) in [5.74, 6) is 6.08. The van der Waals surface area contributed by atoms with Crippen LogP contribution in [0.25, 0.3) is 11.5 Å². The Kier molecular flexibility index (Phi) is 25.3. The third-order valence-electron chi connectivity index (χ3n) is 13.0. The predicted octanol–water partition coefficient (Wildman–Crippen LogP) is 10.2. The van der Waals surface area contributed by atoms with Gasteiger partial charge in [0.2, 0.25) is 5.91 Å². The molecular weight excluding hydrogens is 1120 g/mol. The molecular formula is C57H80Cl2N12O8S2. The number of nitrogen functional groups attached to an aromatic ring is 1. The van der Waals surface area contributed by atoms with Crippen LogP contribution in [0, 0.1) is 5.92 Å².